The molecule has 6 aromatic rings. The van der Waals surface area contributed by atoms with Crippen LogP contribution in [0.3, 0.4) is 0 Å². The average molecular weight is 539 g/mol. The van der Waals surface area contributed by atoms with Gasteiger partial charge in [-0.2, -0.15) is 0 Å². The number of benzene rings is 5. The molecule has 0 aliphatic carbocycles. The molecule has 2 heterocycles. The summed E-state index contributed by atoms with van der Waals surface area (Å²) in [4.78, 5) is 0. The van der Waals surface area contributed by atoms with Crippen molar-refractivity contribution in [3.63, 3.8) is 0 Å². The predicted octanol–water partition coefficient (Wildman–Crippen LogP) is 9.35. The van der Waals surface area contributed by atoms with Gasteiger partial charge >= 0.3 is 7.12 Å². The van der Waals surface area contributed by atoms with Gasteiger partial charge in [0.15, 0.2) is 0 Å². The third-order valence-corrected chi connectivity index (χ3v) is 9.74. The molecule has 0 radical (unpaired) electrons. The fraction of sp³-hybridized carbons (Fsp3) is 0.167. The van der Waals surface area contributed by atoms with Crippen molar-refractivity contribution in [2.24, 2.45) is 0 Å². The number of fused-ring (bicyclic) bond motifs is 3. The lowest BCUT2D eigenvalue weighted by Gasteiger charge is -2.32. The Morgan fingerprint density at radius 3 is 1.82 bits per heavy atom. The quantitative estimate of drug-likeness (QED) is 0.208. The Bertz CT molecular complexity index is 1840. The van der Waals surface area contributed by atoms with Crippen LogP contribution in [0.25, 0.3) is 53.6 Å². The molecular formula is C36H31BO2S. The lowest BCUT2D eigenvalue weighted by molar-refractivity contribution is 0.00578. The SMILES string of the molecule is CC1(C)OB(c2cc(-c3ccc(-c4ccccc4)cc3)cc(-c3cccc4c3sc3ccccc34)c2)OC1(C)C. The highest BCUT2D eigenvalue weighted by molar-refractivity contribution is 7.26. The minimum atomic E-state index is -0.436. The molecule has 1 fully saturated rings. The van der Waals surface area contributed by atoms with E-state index in [0.29, 0.717) is 0 Å². The monoisotopic (exact) mass is 538 g/mol. The van der Waals surface area contributed by atoms with Crippen molar-refractivity contribution < 1.29 is 9.31 Å². The molecule has 1 aromatic heterocycles. The number of thiophene rings is 1. The Morgan fingerprint density at radius 1 is 0.525 bits per heavy atom. The van der Waals surface area contributed by atoms with Crippen LogP contribution < -0.4 is 5.46 Å². The first kappa shape index (κ1) is 25.3. The van der Waals surface area contributed by atoms with Gasteiger partial charge in [0, 0.05) is 20.2 Å². The van der Waals surface area contributed by atoms with Crippen molar-refractivity contribution in [3.8, 4) is 33.4 Å². The predicted molar refractivity (Wildman–Crippen MR) is 171 cm³/mol. The van der Waals surface area contributed by atoms with Crippen LogP contribution in [0.2, 0.25) is 0 Å². The van der Waals surface area contributed by atoms with Crippen LogP contribution >= 0.6 is 11.3 Å². The smallest absolute Gasteiger partial charge is 0.399 e. The first-order chi connectivity index (χ1) is 19.3. The highest BCUT2D eigenvalue weighted by Crippen LogP contribution is 2.41. The summed E-state index contributed by atoms with van der Waals surface area (Å²) in [6, 6.07) is 41.5. The molecule has 0 amide bonds. The second kappa shape index (κ2) is 9.45. The molecule has 0 unspecified atom stereocenters. The van der Waals surface area contributed by atoms with Gasteiger partial charge in [-0.3, -0.25) is 0 Å². The molecule has 196 valence electrons. The van der Waals surface area contributed by atoms with E-state index in [1.165, 1.54) is 48.0 Å². The molecule has 0 bridgehead atoms. The van der Waals surface area contributed by atoms with E-state index in [2.05, 4.69) is 143 Å². The number of hydrogen-bond donors (Lipinski definition) is 0. The van der Waals surface area contributed by atoms with E-state index in [4.69, 9.17) is 9.31 Å². The second-order valence-corrected chi connectivity index (χ2v) is 12.7. The largest absolute Gasteiger partial charge is 0.494 e. The molecule has 2 nitrogen and oxygen atoms in total. The third-order valence-electron chi connectivity index (χ3n) is 8.52. The summed E-state index contributed by atoms with van der Waals surface area (Å²) in [5, 5.41) is 2.61. The van der Waals surface area contributed by atoms with Crippen LogP contribution in [0.5, 0.6) is 0 Å². The van der Waals surface area contributed by atoms with E-state index in [0.717, 1.165) is 11.0 Å². The number of rotatable bonds is 4. The molecule has 0 N–H and O–H groups in total. The normalized spacial score (nSPS) is 16.1. The summed E-state index contributed by atoms with van der Waals surface area (Å²) in [7, 11) is -0.436. The lowest BCUT2D eigenvalue weighted by Crippen LogP contribution is -2.41. The molecule has 0 atom stereocenters. The molecule has 7 rings (SSSR count). The van der Waals surface area contributed by atoms with E-state index in [9.17, 15) is 0 Å². The summed E-state index contributed by atoms with van der Waals surface area (Å²) in [5.74, 6) is 0. The van der Waals surface area contributed by atoms with Crippen LogP contribution in [0.4, 0.5) is 0 Å². The standard InChI is InChI=1S/C36H31BO2S/c1-35(2)36(3,4)39-37(38-35)29-22-27(26-19-17-25(18-20-26)24-11-6-5-7-12-24)21-28(23-29)30-14-10-15-32-31-13-8-9-16-33(31)40-34(30)32/h5-23H,1-4H3. The molecule has 0 saturated carbocycles. The first-order valence-electron chi connectivity index (χ1n) is 13.9. The molecule has 1 saturated heterocycles. The Labute approximate surface area is 240 Å². The van der Waals surface area contributed by atoms with Crippen LogP contribution in [-0.4, -0.2) is 18.3 Å². The molecule has 5 aromatic carbocycles. The maximum absolute atomic E-state index is 6.52. The summed E-state index contributed by atoms with van der Waals surface area (Å²) in [6.45, 7) is 8.44. The van der Waals surface area contributed by atoms with Gasteiger partial charge < -0.3 is 9.31 Å². The maximum atomic E-state index is 6.52. The van der Waals surface area contributed by atoms with Gasteiger partial charge in [-0.1, -0.05) is 103 Å². The fourth-order valence-electron chi connectivity index (χ4n) is 5.55. The van der Waals surface area contributed by atoms with E-state index >= 15 is 0 Å². The summed E-state index contributed by atoms with van der Waals surface area (Å²) < 4.78 is 15.7. The fourth-order valence-corrected chi connectivity index (χ4v) is 6.79. The van der Waals surface area contributed by atoms with Crippen LogP contribution in [0, 0.1) is 0 Å². The summed E-state index contributed by atoms with van der Waals surface area (Å²) in [5.41, 5.74) is 7.39. The van der Waals surface area contributed by atoms with E-state index in [1.54, 1.807) is 0 Å². The second-order valence-electron chi connectivity index (χ2n) is 11.7. The zero-order chi connectivity index (χ0) is 27.5. The van der Waals surface area contributed by atoms with Gasteiger partial charge in [0.25, 0.3) is 0 Å². The molecule has 4 heteroatoms. The van der Waals surface area contributed by atoms with Crippen LogP contribution in [0.1, 0.15) is 27.7 Å². The molecule has 1 aliphatic heterocycles. The van der Waals surface area contributed by atoms with Gasteiger partial charge in [0.2, 0.25) is 0 Å². The summed E-state index contributed by atoms with van der Waals surface area (Å²) in [6.07, 6.45) is 0. The van der Waals surface area contributed by atoms with Crippen molar-refractivity contribution in [2.45, 2.75) is 38.9 Å². The minimum Gasteiger partial charge on any atom is -0.399 e. The minimum absolute atomic E-state index is 0.406. The zero-order valence-corrected chi connectivity index (χ0v) is 24.1. The topological polar surface area (TPSA) is 18.5 Å². The highest BCUT2D eigenvalue weighted by Gasteiger charge is 2.51. The molecule has 40 heavy (non-hydrogen) atoms. The Kier molecular flexibility index (Phi) is 5.97. The van der Waals surface area contributed by atoms with Crippen molar-refractivity contribution in [1.29, 1.82) is 0 Å². The van der Waals surface area contributed by atoms with Crippen LogP contribution in [-0.2, 0) is 9.31 Å². The third kappa shape index (κ3) is 4.28. The van der Waals surface area contributed by atoms with Gasteiger partial charge in [0.1, 0.15) is 0 Å². The summed E-state index contributed by atoms with van der Waals surface area (Å²) >= 11 is 1.86. The molecule has 1 aliphatic rings. The van der Waals surface area contributed by atoms with Crippen molar-refractivity contribution in [3.05, 3.63) is 115 Å². The van der Waals surface area contributed by atoms with Crippen molar-refractivity contribution in [2.75, 3.05) is 0 Å². The lowest BCUT2D eigenvalue weighted by atomic mass is 9.76. The first-order valence-corrected chi connectivity index (χ1v) is 14.7. The average Bonchev–Trinajstić information content (AvgIpc) is 3.46. The Hall–Kier alpha value is -3.70. The van der Waals surface area contributed by atoms with Gasteiger partial charge in [-0.05, 0) is 78.7 Å². The van der Waals surface area contributed by atoms with Gasteiger partial charge in [0.05, 0.1) is 11.2 Å². The van der Waals surface area contributed by atoms with Gasteiger partial charge in [-0.25, -0.2) is 0 Å². The Balaban J connectivity index is 1.39. The highest BCUT2D eigenvalue weighted by atomic mass is 32.1. The molecule has 0 spiro atoms. The van der Waals surface area contributed by atoms with E-state index in [-0.39, 0.29) is 0 Å². The molecular weight excluding hydrogens is 507 g/mol. The van der Waals surface area contributed by atoms with Crippen LogP contribution in [0.15, 0.2) is 115 Å². The maximum Gasteiger partial charge on any atom is 0.494 e. The number of hydrogen-bond acceptors (Lipinski definition) is 3. The van der Waals surface area contributed by atoms with Crippen molar-refractivity contribution >= 4 is 44.1 Å². The zero-order valence-electron chi connectivity index (χ0n) is 23.3. The Morgan fingerprint density at radius 2 is 1.10 bits per heavy atom. The van der Waals surface area contributed by atoms with E-state index in [1.807, 2.05) is 11.3 Å². The van der Waals surface area contributed by atoms with E-state index < -0.39 is 18.3 Å². The van der Waals surface area contributed by atoms with Gasteiger partial charge in [-0.15, -0.1) is 11.3 Å². The van der Waals surface area contributed by atoms with Crippen molar-refractivity contribution in [1.82, 2.24) is 0 Å².